The van der Waals surface area contributed by atoms with E-state index in [-0.39, 0.29) is 30.6 Å². The fraction of sp³-hybridized carbons (Fsp3) is 0.750. The van der Waals surface area contributed by atoms with Crippen LogP contribution in [-0.4, -0.2) is 35.6 Å². The van der Waals surface area contributed by atoms with Crippen LogP contribution in [0.25, 0.3) is 0 Å². The molecule has 1 N–H and O–H groups in total. The summed E-state index contributed by atoms with van der Waals surface area (Å²) in [5, 5.41) is 2.53. The fourth-order valence-electron chi connectivity index (χ4n) is 2.82. The van der Waals surface area contributed by atoms with Gasteiger partial charge in [-0.05, 0) is 52.4 Å². The molecule has 1 amide bonds. The molecule has 0 radical (unpaired) electrons. The summed E-state index contributed by atoms with van der Waals surface area (Å²) in [4.78, 5) is 36.8. The van der Waals surface area contributed by atoms with Crippen LogP contribution < -0.4 is 5.32 Å². The number of Topliss-reactive ketones (excluding diaryl/α,β-unsaturated/α-hetero) is 1. The highest BCUT2D eigenvalue weighted by Gasteiger charge is 2.28. The molecule has 1 aliphatic rings. The molecule has 0 spiro atoms. The van der Waals surface area contributed by atoms with Crippen molar-refractivity contribution in [2.45, 2.75) is 90.4 Å². The van der Waals surface area contributed by atoms with Crippen molar-refractivity contribution in [1.29, 1.82) is 0 Å². The fourth-order valence-corrected chi connectivity index (χ4v) is 2.82. The third-order valence-corrected chi connectivity index (χ3v) is 4.23. The van der Waals surface area contributed by atoms with Crippen molar-refractivity contribution in [2.75, 3.05) is 0 Å². The number of hydrogen-bond donors (Lipinski definition) is 1. The number of alkyl carbamates (subject to hydrolysis) is 1. The Hall–Kier alpha value is -1.85. The Labute approximate surface area is 156 Å². The highest BCUT2D eigenvalue weighted by atomic mass is 16.6. The summed E-state index contributed by atoms with van der Waals surface area (Å²) in [6, 6.07) is -0.955. The number of hydrogen-bond acceptors (Lipinski definition) is 5. The van der Waals surface area contributed by atoms with Crippen molar-refractivity contribution in [3.63, 3.8) is 0 Å². The molecule has 0 aliphatic heterocycles. The number of rotatable bonds is 8. The third kappa shape index (κ3) is 9.02. The van der Waals surface area contributed by atoms with Gasteiger partial charge in [0.25, 0.3) is 0 Å². The zero-order valence-corrected chi connectivity index (χ0v) is 16.5. The summed E-state index contributed by atoms with van der Waals surface area (Å²) >= 11 is 0. The summed E-state index contributed by atoms with van der Waals surface area (Å²) in [7, 11) is 0. The summed E-state index contributed by atoms with van der Waals surface area (Å²) in [6.45, 7) is 10.7. The lowest BCUT2D eigenvalue weighted by atomic mass is 9.97. The number of amides is 1. The van der Waals surface area contributed by atoms with Gasteiger partial charge in [-0.1, -0.05) is 19.4 Å². The van der Waals surface area contributed by atoms with E-state index in [1.165, 1.54) is 0 Å². The van der Waals surface area contributed by atoms with E-state index in [1.54, 1.807) is 26.8 Å². The lowest BCUT2D eigenvalue weighted by molar-refractivity contribution is -0.152. The standard InChI is InChI=1S/C20H33NO5/c1-6-14(2)12-17(22)16(21-19(24)26-20(3,4)5)13-18(23)25-15-10-8-7-9-11-15/h6,14-16H,1,7-13H2,2-5H3,(H,21,24). The van der Waals surface area contributed by atoms with Crippen molar-refractivity contribution in [3.05, 3.63) is 12.7 Å². The van der Waals surface area contributed by atoms with Gasteiger partial charge in [0, 0.05) is 6.42 Å². The Morgan fingerprint density at radius 2 is 1.77 bits per heavy atom. The van der Waals surface area contributed by atoms with Crippen LogP contribution in [-0.2, 0) is 19.1 Å². The molecule has 2 atom stereocenters. The first kappa shape index (κ1) is 22.2. The number of nitrogens with one attached hydrogen (secondary N) is 1. The van der Waals surface area contributed by atoms with E-state index < -0.39 is 23.7 Å². The minimum absolute atomic E-state index is 0.0419. The Bertz CT molecular complexity index is 503. The predicted octanol–water partition coefficient (Wildman–Crippen LogP) is 3.93. The molecule has 0 heterocycles. The van der Waals surface area contributed by atoms with Gasteiger partial charge in [0.05, 0.1) is 6.42 Å². The zero-order valence-electron chi connectivity index (χ0n) is 16.5. The van der Waals surface area contributed by atoms with Crippen molar-refractivity contribution in [1.82, 2.24) is 5.32 Å². The van der Waals surface area contributed by atoms with Crippen LogP contribution in [0.4, 0.5) is 4.79 Å². The lowest BCUT2D eigenvalue weighted by Gasteiger charge is -2.25. The van der Waals surface area contributed by atoms with Crippen LogP contribution in [0.1, 0.15) is 72.6 Å². The number of carbonyl (C=O) groups is 3. The Morgan fingerprint density at radius 1 is 1.15 bits per heavy atom. The minimum Gasteiger partial charge on any atom is -0.462 e. The van der Waals surface area contributed by atoms with Crippen LogP contribution >= 0.6 is 0 Å². The molecule has 26 heavy (non-hydrogen) atoms. The van der Waals surface area contributed by atoms with Gasteiger partial charge in [-0.2, -0.15) is 0 Å². The monoisotopic (exact) mass is 367 g/mol. The molecule has 148 valence electrons. The van der Waals surface area contributed by atoms with Crippen LogP contribution in [0.3, 0.4) is 0 Å². The minimum atomic E-state index is -0.955. The molecule has 1 rings (SSSR count). The van der Waals surface area contributed by atoms with Gasteiger partial charge >= 0.3 is 12.1 Å². The van der Waals surface area contributed by atoms with Gasteiger partial charge in [-0.15, -0.1) is 6.58 Å². The smallest absolute Gasteiger partial charge is 0.408 e. The maximum absolute atomic E-state index is 12.5. The molecule has 1 fully saturated rings. The number of ether oxygens (including phenoxy) is 2. The van der Waals surface area contributed by atoms with Crippen molar-refractivity contribution in [2.24, 2.45) is 5.92 Å². The number of esters is 1. The largest absolute Gasteiger partial charge is 0.462 e. The predicted molar refractivity (Wildman–Crippen MR) is 99.7 cm³/mol. The van der Waals surface area contributed by atoms with Gasteiger partial charge in [0.1, 0.15) is 17.7 Å². The van der Waals surface area contributed by atoms with Gasteiger partial charge in [-0.25, -0.2) is 4.79 Å². The van der Waals surface area contributed by atoms with E-state index >= 15 is 0 Å². The molecule has 1 saturated carbocycles. The summed E-state index contributed by atoms with van der Waals surface area (Å²) < 4.78 is 10.7. The maximum Gasteiger partial charge on any atom is 0.408 e. The second-order valence-electron chi connectivity index (χ2n) is 8.04. The normalized spacial score (nSPS) is 17.7. The van der Waals surface area contributed by atoms with E-state index in [0.29, 0.717) is 0 Å². The van der Waals surface area contributed by atoms with Crippen molar-refractivity contribution < 1.29 is 23.9 Å². The summed E-state index contributed by atoms with van der Waals surface area (Å²) in [6.07, 6.45) is 5.86. The van der Waals surface area contributed by atoms with Crippen molar-refractivity contribution >= 4 is 17.8 Å². The van der Waals surface area contributed by atoms with Gasteiger partial charge in [0.15, 0.2) is 5.78 Å². The first-order valence-electron chi connectivity index (χ1n) is 9.45. The Kier molecular flexibility index (Phi) is 8.82. The lowest BCUT2D eigenvalue weighted by Crippen LogP contribution is -2.45. The molecule has 0 aromatic rings. The molecule has 6 nitrogen and oxygen atoms in total. The molecular formula is C20H33NO5. The molecule has 0 saturated heterocycles. The van der Waals surface area contributed by atoms with Crippen LogP contribution in [0.5, 0.6) is 0 Å². The second-order valence-corrected chi connectivity index (χ2v) is 8.04. The van der Waals surface area contributed by atoms with Crippen LogP contribution in [0.2, 0.25) is 0 Å². The second kappa shape index (κ2) is 10.3. The van der Waals surface area contributed by atoms with Crippen LogP contribution in [0.15, 0.2) is 12.7 Å². The molecular weight excluding hydrogens is 334 g/mol. The Balaban J connectivity index is 2.68. The van der Waals surface area contributed by atoms with Gasteiger partial charge < -0.3 is 14.8 Å². The van der Waals surface area contributed by atoms with Crippen molar-refractivity contribution in [3.8, 4) is 0 Å². The van der Waals surface area contributed by atoms with E-state index in [4.69, 9.17) is 9.47 Å². The first-order valence-corrected chi connectivity index (χ1v) is 9.45. The topological polar surface area (TPSA) is 81.7 Å². The summed E-state index contributed by atoms with van der Waals surface area (Å²) in [5.41, 5.74) is -0.686. The number of carbonyl (C=O) groups excluding carboxylic acids is 3. The molecule has 0 aromatic carbocycles. The average molecular weight is 367 g/mol. The maximum atomic E-state index is 12.5. The first-order chi connectivity index (χ1) is 12.1. The highest BCUT2D eigenvalue weighted by molar-refractivity contribution is 5.91. The SMILES string of the molecule is C=CC(C)CC(=O)C(CC(=O)OC1CCCCC1)NC(=O)OC(C)(C)C. The van der Waals surface area contributed by atoms with E-state index in [1.807, 2.05) is 6.92 Å². The molecule has 0 aromatic heterocycles. The number of allylic oxidation sites excluding steroid dienone is 1. The van der Waals surface area contributed by atoms with Gasteiger partial charge in [-0.3, -0.25) is 9.59 Å². The van der Waals surface area contributed by atoms with E-state index in [2.05, 4.69) is 11.9 Å². The Morgan fingerprint density at radius 3 is 2.31 bits per heavy atom. The highest BCUT2D eigenvalue weighted by Crippen LogP contribution is 2.21. The van der Waals surface area contributed by atoms with Gasteiger partial charge in [0.2, 0.25) is 0 Å². The molecule has 0 bridgehead atoms. The number of ketones is 1. The molecule has 2 unspecified atom stereocenters. The quantitative estimate of drug-likeness (QED) is 0.519. The molecule has 6 heteroatoms. The molecule has 1 aliphatic carbocycles. The third-order valence-electron chi connectivity index (χ3n) is 4.23. The summed E-state index contributed by atoms with van der Waals surface area (Å²) in [5.74, 6) is -0.735. The average Bonchev–Trinajstić information content (AvgIpc) is 2.53. The van der Waals surface area contributed by atoms with E-state index in [9.17, 15) is 14.4 Å². The van der Waals surface area contributed by atoms with E-state index in [0.717, 1.165) is 32.1 Å². The zero-order chi connectivity index (χ0) is 19.7. The van der Waals surface area contributed by atoms with Crippen LogP contribution in [0, 0.1) is 5.92 Å².